The lowest BCUT2D eigenvalue weighted by Gasteiger charge is -2.19. The van der Waals surface area contributed by atoms with Crippen molar-refractivity contribution in [2.24, 2.45) is 0 Å². The second kappa shape index (κ2) is 5.42. The first kappa shape index (κ1) is 11.6. The monoisotopic (exact) mass is 237 g/mol. The van der Waals surface area contributed by atoms with Crippen molar-refractivity contribution in [3.8, 4) is 0 Å². The fraction of sp³-hybridized carbons (Fsp3) is 0.600. The van der Waals surface area contributed by atoms with E-state index in [-0.39, 0.29) is 0 Å². The van der Waals surface area contributed by atoms with E-state index in [4.69, 9.17) is 0 Å². The second-order valence-electron chi connectivity index (χ2n) is 4.02. The molecule has 7 heteroatoms. The molecule has 1 N–H and O–H groups in total. The molecular formula is C10H15N5O2. The Labute approximate surface area is 98.8 Å². The number of nitrogens with one attached hydrogen (secondary N) is 1. The van der Waals surface area contributed by atoms with E-state index in [1.807, 2.05) is 0 Å². The molecule has 0 bridgehead atoms. The van der Waals surface area contributed by atoms with Crippen LogP contribution in [0.4, 0.5) is 0 Å². The van der Waals surface area contributed by atoms with Crippen LogP contribution < -0.4 is 5.43 Å². The molecule has 2 amide bonds. The van der Waals surface area contributed by atoms with Crippen molar-refractivity contribution in [1.29, 1.82) is 0 Å². The van der Waals surface area contributed by atoms with Gasteiger partial charge >= 0.3 is 11.8 Å². The van der Waals surface area contributed by atoms with Gasteiger partial charge in [0, 0.05) is 13.1 Å². The highest BCUT2D eigenvalue weighted by Crippen LogP contribution is 2.09. The van der Waals surface area contributed by atoms with Gasteiger partial charge in [0.15, 0.2) is 0 Å². The lowest BCUT2D eigenvalue weighted by Crippen LogP contribution is -2.42. The molecule has 1 aromatic rings. The smallest absolute Gasteiger partial charge is 0.328 e. The van der Waals surface area contributed by atoms with E-state index in [1.54, 1.807) is 4.90 Å². The standard InChI is InChI=1S/C10H15N5O2/c16-9(13-15-7-11-12-8-15)10(17)14-5-3-1-2-4-6-14/h7-8H,1-6H2,(H,13,16). The van der Waals surface area contributed by atoms with Crippen LogP contribution in [0.1, 0.15) is 25.7 Å². The lowest BCUT2D eigenvalue weighted by atomic mass is 10.2. The molecule has 92 valence electrons. The molecule has 7 nitrogen and oxygen atoms in total. The molecule has 17 heavy (non-hydrogen) atoms. The summed E-state index contributed by atoms with van der Waals surface area (Å²) in [5.41, 5.74) is 2.40. The summed E-state index contributed by atoms with van der Waals surface area (Å²) >= 11 is 0. The van der Waals surface area contributed by atoms with Crippen molar-refractivity contribution < 1.29 is 9.59 Å². The Morgan fingerprint density at radius 1 is 1.00 bits per heavy atom. The van der Waals surface area contributed by atoms with Crippen molar-refractivity contribution in [2.75, 3.05) is 18.5 Å². The normalized spacial score (nSPS) is 16.4. The van der Waals surface area contributed by atoms with Crippen molar-refractivity contribution in [1.82, 2.24) is 19.8 Å². The Balaban J connectivity index is 1.91. The lowest BCUT2D eigenvalue weighted by molar-refractivity contribution is -0.143. The zero-order valence-electron chi connectivity index (χ0n) is 9.50. The molecule has 2 rings (SSSR count). The predicted molar refractivity (Wildman–Crippen MR) is 59.4 cm³/mol. The fourth-order valence-corrected chi connectivity index (χ4v) is 1.84. The second-order valence-corrected chi connectivity index (χ2v) is 4.02. The number of nitrogens with zero attached hydrogens (tertiary/aromatic N) is 4. The maximum absolute atomic E-state index is 11.8. The Morgan fingerprint density at radius 2 is 1.59 bits per heavy atom. The van der Waals surface area contributed by atoms with E-state index in [1.165, 1.54) is 17.3 Å². The largest absolute Gasteiger partial charge is 0.334 e. The first-order chi connectivity index (χ1) is 8.27. The quantitative estimate of drug-likeness (QED) is 0.683. The number of likely N-dealkylation sites (tertiary alicyclic amines) is 1. The number of carbonyl (C=O) groups is 2. The third-order valence-electron chi connectivity index (χ3n) is 2.74. The van der Waals surface area contributed by atoms with Crippen molar-refractivity contribution >= 4 is 11.8 Å². The van der Waals surface area contributed by atoms with Crippen LogP contribution in [-0.2, 0) is 9.59 Å². The van der Waals surface area contributed by atoms with Crippen molar-refractivity contribution in [3.05, 3.63) is 12.7 Å². The number of hydrogen-bond donors (Lipinski definition) is 1. The molecule has 0 radical (unpaired) electrons. The molecule has 0 spiro atoms. The maximum atomic E-state index is 11.8. The van der Waals surface area contributed by atoms with Gasteiger partial charge in [0.2, 0.25) is 0 Å². The van der Waals surface area contributed by atoms with Crippen LogP contribution >= 0.6 is 0 Å². The highest BCUT2D eigenvalue weighted by molar-refractivity contribution is 6.38. The van der Waals surface area contributed by atoms with Gasteiger partial charge in [-0.1, -0.05) is 12.8 Å². The van der Waals surface area contributed by atoms with Crippen LogP contribution in [0.15, 0.2) is 12.7 Å². The summed E-state index contributed by atoms with van der Waals surface area (Å²) in [6.07, 6.45) is 6.83. The Morgan fingerprint density at radius 3 is 2.18 bits per heavy atom. The first-order valence-corrected chi connectivity index (χ1v) is 5.72. The number of rotatable bonds is 1. The Bertz CT molecular complexity index is 381. The molecule has 2 heterocycles. The number of hydrogen-bond acceptors (Lipinski definition) is 4. The van der Waals surface area contributed by atoms with Crippen LogP contribution in [0.2, 0.25) is 0 Å². The molecule has 1 aromatic heterocycles. The number of carbonyl (C=O) groups excluding carboxylic acids is 2. The van der Waals surface area contributed by atoms with Gasteiger partial charge in [-0.15, -0.1) is 10.2 Å². The fourth-order valence-electron chi connectivity index (χ4n) is 1.84. The van der Waals surface area contributed by atoms with Crippen LogP contribution in [0.3, 0.4) is 0 Å². The van der Waals surface area contributed by atoms with Crippen LogP contribution in [-0.4, -0.2) is 44.7 Å². The summed E-state index contributed by atoms with van der Waals surface area (Å²) in [6.45, 7) is 1.32. The molecule has 1 saturated heterocycles. The molecule has 0 atom stereocenters. The van der Waals surface area contributed by atoms with E-state index in [2.05, 4.69) is 15.6 Å². The van der Waals surface area contributed by atoms with Gasteiger partial charge in [-0.3, -0.25) is 15.0 Å². The highest BCUT2D eigenvalue weighted by Gasteiger charge is 2.22. The topological polar surface area (TPSA) is 80.1 Å². The van der Waals surface area contributed by atoms with Crippen LogP contribution in [0.25, 0.3) is 0 Å². The average molecular weight is 237 g/mol. The Kier molecular flexibility index (Phi) is 3.69. The molecule has 0 unspecified atom stereocenters. The van der Waals surface area contributed by atoms with Gasteiger partial charge in [0.25, 0.3) is 0 Å². The van der Waals surface area contributed by atoms with Gasteiger partial charge in [-0.2, -0.15) is 0 Å². The highest BCUT2D eigenvalue weighted by atomic mass is 16.2. The van der Waals surface area contributed by atoms with Crippen LogP contribution in [0.5, 0.6) is 0 Å². The summed E-state index contributed by atoms with van der Waals surface area (Å²) in [5, 5.41) is 7.07. The van der Waals surface area contributed by atoms with E-state index in [9.17, 15) is 9.59 Å². The summed E-state index contributed by atoms with van der Waals surface area (Å²) in [7, 11) is 0. The van der Waals surface area contributed by atoms with E-state index < -0.39 is 11.8 Å². The van der Waals surface area contributed by atoms with Crippen molar-refractivity contribution in [3.63, 3.8) is 0 Å². The van der Waals surface area contributed by atoms with Gasteiger partial charge in [-0.05, 0) is 12.8 Å². The van der Waals surface area contributed by atoms with Crippen LogP contribution in [0, 0.1) is 0 Å². The SMILES string of the molecule is O=C(Nn1cnnc1)C(=O)N1CCCCCC1. The predicted octanol–water partition coefficient (Wildman–Crippen LogP) is -0.249. The molecular weight excluding hydrogens is 222 g/mol. The minimum Gasteiger partial charge on any atom is -0.334 e. The summed E-state index contributed by atoms with van der Waals surface area (Å²) in [5.74, 6) is -1.13. The molecule has 0 aliphatic carbocycles. The molecule has 1 fully saturated rings. The molecule has 1 aliphatic heterocycles. The number of aromatic nitrogens is 3. The minimum atomic E-state index is -0.647. The van der Waals surface area contributed by atoms with E-state index >= 15 is 0 Å². The zero-order valence-corrected chi connectivity index (χ0v) is 9.50. The molecule has 0 aromatic carbocycles. The summed E-state index contributed by atoms with van der Waals surface area (Å²) < 4.78 is 1.26. The van der Waals surface area contributed by atoms with Gasteiger partial charge < -0.3 is 4.90 Å². The number of amides is 2. The molecule has 0 saturated carbocycles. The van der Waals surface area contributed by atoms with Crippen molar-refractivity contribution in [2.45, 2.75) is 25.7 Å². The van der Waals surface area contributed by atoms with E-state index in [0.29, 0.717) is 13.1 Å². The van der Waals surface area contributed by atoms with E-state index in [0.717, 1.165) is 25.7 Å². The van der Waals surface area contributed by atoms with Gasteiger partial charge in [0.05, 0.1) is 0 Å². The average Bonchev–Trinajstić information content (AvgIpc) is 2.68. The maximum Gasteiger partial charge on any atom is 0.328 e. The third kappa shape index (κ3) is 3.02. The zero-order chi connectivity index (χ0) is 12.1. The van der Waals surface area contributed by atoms with Gasteiger partial charge in [0.1, 0.15) is 12.7 Å². The van der Waals surface area contributed by atoms with Gasteiger partial charge in [-0.25, -0.2) is 4.68 Å². The first-order valence-electron chi connectivity index (χ1n) is 5.72. The summed E-state index contributed by atoms with van der Waals surface area (Å²) in [4.78, 5) is 25.1. The third-order valence-corrected chi connectivity index (χ3v) is 2.74. The summed E-state index contributed by atoms with van der Waals surface area (Å²) in [6, 6.07) is 0. The molecule has 1 aliphatic rings. The Hall–Kier alpha value is -1.92. The minimum absolute atomic E-state index is 0.486.